The summed E-state index contributed by atoms with van der Waals surface area (Å²) in [4.78, 5) is 2.12. The van der Waals surface area contributed by atoms with E-state index in [1.807, 2.05) is 0 Å². The molecule has 3 nitrogen and oxygen atoms in total. The maximum absolute atomic E-state index is 8.27. The van der Waals surface area contributed by atoms with Gasteiger partial charge in [0.25, 0.3) is 0 Å². The first-order valence-electron chi connectivity index (χ1n) is 10.2. The second-order valence-corrected chi connectivity index (χ2v) is 8.40. The summed E-state index contributed by atoms with van der Waals surface area (Å²) in [6.07, 6.45) is 3.24. The highest BCUT2D eigenvalue weighted by Crippen LogP contribution is 2.41. The van der Waals surface area contributed by atoms with Gasteiger partial charge in [0.1, 0.15) is 0 Å². The van der Waals surface area contributed by atoms with Crippen LogP contribution in [0.4, 0.5) is 0 Å². The van der Waals surface area contributed by atoms with E-state index in [9.17, 15) is 0 Å². The van der Waals surface area contributed by atoms with Crippen LogP contribution in [0.5, 0.6) is 0 Å². The van der Waals surface area contributed by atoms with Crippen LogP contribution in [0.2, 0.25) is 0 Å². The van der Waals surface area contributed by atoms with Gasteiger partial charge in [0.2, 0.25) is 0 Å². The van der Waals surface area contributed by atoms with Crippen molar-refractivity contribution in [1.29, 1.82) is 5.41 Å². The molecule has 1 fully saturated rings. The standard InChI is InChI=1S/C24H33N3/c1-16(2)18-8-12-20(13-9-18)22-6-5-7-23(27(22)24(25)26)21-14-10-19(11-15-21)17(3)4/h8-17,22-23H,5-7H2,1-4H3,(H3,25,26). The molecule has 1 aliphatic rings. The fourth-order valence-electron chi connectivity index (χ4n) is 4.20. The number of guanidine groups is 1. The lowest BCUT2D eigenvalue weighted by Crippen LogP contribution is -2.44. The Balaban J connectivity index is 1.90. The number of nitrogens with zero attached hydrogens (tertiary/aromatic N) is 1. The van der Waals surface area contributed by atoms with E-state index in [4.69, 9.17) is 11.1 Å². The number of benzene rings is 2. The van der Waals surface area contributed by atoms with Gasteiger partial charge < -0.3 is 10.6 Å². The van der Waals surface area contributed by atoms with E-state index in [0.29, 0.717) is 11.8 Å². The Morgan fingerprint density at radius 1 is 0.815 bits per heavy atom. The summed E-state index contributed by atoms with van der Waals surface area (Å²) < 4.78 is 0. The molecule has 1 saturated heterocycles. The molecule has 1 aliphatic heterocycles. The first kappa shape index (κ1) is 19.5. The van der Waals surface area contributed by atoms with Crippen LogP contribution >= 0.6 is 0 Å². The van der Waals surface area contributed by atoms with Crippen molar-refractivity contribution in [3.63, 3.8) is 0 Å². The average Bonchev–Trinajstić information content (AvgIpc) is 2.67. The molecule has 144 valence electrons. The first-order chi connectivity index (χ1) is 12.9. The fourth-order valence-corrected chi connectivity index (χ4v) is 4.20. The van der Waals surface area contributed by atoms with Crippen molar-refractivity contribution in [3.8, 4) is 0 Å². The molecule has 3 heteroatoms. The quantitative estimate of drug-likeness (QED) is 0.510. The van der Waals surface area contributed by atoms with Crippen LogP contribution in [0.25, 0.3) is 0 Å². The van der Waals surface area contributed by atoms with Gasteiger partial charge in [-0.25, -0.2) is 0 Å². The summed E-state index contributed by atoms with van der Waals surface area (Å²) in [6, 6.07) is 18.1. The van der Waals surface area contributed by atoms with Crippen LogP contribution in [-0.4, -0.2) is 10.9 Å². The summed E-state index contributed by atoms with van der Waals surface area (Å²) in [7, 11) is 0. The smallest absolute Gasteiger partial charge is 0.189 e. The van der Waals surface area contributed by atoms with Crippen LogP contribution in [0.1, 0.15) is 93.1 Å². The molecular weight excluding hydrogens is 330 g/mol. The second kappa shape index (κ2) is 8.16. The van der Waals surface area contributed by atoms with E-state index < -0.39 is 0 Å². The minimum absolute atomic E-state index is 0.172. The van der Waals surface area contributed by atoms with Crippen LogP contribution in [0.3, 0.4) is 0 Å². The number of hydrogen-bond donors (Lipinski definition) is 2. The number of hydrogen-bond acceptors (Lipinski definition) is 1. The molecule has 0 aromatic heterocycles. The Kier molecular flexibility index (Phi) is 5.88. The normalized spacial score (nSPS) is 20.3. The van der Waals surface area contributed by atoms with Crippen molar-refractivity contribution in [2.24, 2.45) is 5.73 Å². The zero-order valence-corrected chi connectivity index (χ0v) is 17.1. The molecular formula is C24H33N3. The lowest BCUT2D eigenvalue weighted by Gasteiger charge is -2.43. The molecule has 0 spiro atoms. The number of likely N-dealkylation sites (tertiary alicyclic amines) is 1. The zero-order chi connectivity index (χ0) is 19.6. The van der Waals surface area contributed by atoms with Crippen molar-refractivity contribution in [2.45, 2.75) is 70.9 Å². The molecule has 0 bridgehead atoms. The van der Waals surface area contributed by atoms with Crippen LogP contribution < -0.4 is 5.73 Å². The molecule has 2 aromatic carbocycles. The van der Waals surface area contributed by atoms with Crippen molar-refractivity contribution in [2.75, 3.05) is 0 Å². The number of rotatable bonds is 4. The van der Waals surface area contributed by atoms with E-state index in [-0.39, 0.29) is 18.0 Å². The Bertz CT molecular complexity index is 700. The third-order valence-electron chi connectivity index (χ3n) is 5.88. The van der Waals surface area contributed by atoms with Gasteiger partial charge in [-0.2, -0.15) is 0 Å². The molecule has 2 atom stereocenters. The molecule has 0 saturated carbocycles. The molecule has 0 radical (unpaired) electrons. The van der Waals surface area contributed by atoms with Gasteiger partial charge in [0.05, 0.1) is 12.1 Å². The molecule has 1 heterocycles. The van der Waals surface area contributed by atoms with Crippen molar-refractivity contribution < 1.29 is 0 Å². The molecule has 27 heavy (non-hydrogen) atoms. The molecule has 2 aromatic rings. The molecule has 2 unspecified atom stereocenters. The molecule has 0 aliphatic carbocycles. The molecule has 0 amide bonds. The monoisotopic (exact) mass is 363 g/mol. The molecule has 3 rings (SSSR count). The van der Waals surface area contributed by atoms with Gasteiger partial charge in [-0.3, -0.25) is 5.41 Å². The van der Waals surface area contributed by atoms with E-state index in [1.165, 1.54) is 22.3 Å². The third kappa shape index (κ3) is 4.18. The summed E-state index contributed by atoms with van der Waals surface area (Å²) >= 11 is 0. The average molecular weight is 364 g/mol. The Hall–Kier alpha value is -2.29. The summed E-state index contributed by atoms with van der Waals surface area (Å²) in [5.41, 5.74) is 11.3. The van der Waals surface area contributed by atoms with Crippen molar-refractivity contribution in [1.82, 2.24) is 4.90 Å². The van der Waals surface area contributed by atoms with E-state index in [2.05, 4.69) is 81.1 Å². The number of piperidine rings is 1. The predicted octanol–water partition coefficient (Wildman–Crippen LogP) is 6.10. The highest BCUT2D eigenvalue weighted by molar-refractivity contribution is 5.76. The highest BCUT2D eigenvalue weighted by atomic mass is 15.3. The first-order valence-corrected chi connectivity index (χ1v) is 10.2. The maximum Gasteiger partial charge on any atom is 0.189 e. The van der Waals surface area contributed by atoms with E-state index >= 15 is 0 Å². The van der Waals surface area contributed by atoms with Crippen LogP contribution in [-0.2, 0) is 0 Å². The third-order valence-corrected chi connectivity index (χ3v) is 5.88. The number of nitrogens with one attached hydrogen (secondary N) is 1. The van der Waals surface area contributed by atoms with Gasteiger partial charge in [0, 0.05) is 0 Å². The largest absolute Gasteiger partial charge is 0.370 e. The Morgan fingerprint density at radius 3 is 1.48 bits per heavy atom. The van der Waals surface area contributed by atoms with Crippen molar-refractivity contribution in [3.05, 3.63) is 70.8 Å². The van der Waals surface area contributed by atoms with Crippen molar-refractivity contribution >= 4 is 5.96 Å². The zero-order valence-electron chi connectivity index (χ0n) is 17.1. The number of nitrogens with two attached hydrogens (primary N) is 1. The Labute approximate surface area is 164 Å². The lowest BCUT2D eigenvalue weighted by molar-refractivity contribution is 0.165. The SMILES string of the molecule is CC(C)c1ccc(C2CCCC(c3ccc(C(C)C)cc3)N2C(=N)N)cc1. The predicted molar refractivity (Wildman–Crippen MR) is 114 cm³/mol. The van der Waals surface area contributed by atoms with Crippen LogP contribution in [0, 0.1) is 5.41 Å². The highest BCUT2D eigenvalue weighted by Gasteiger charge is 2.33. The topological polar surface area (TPSA) is 53.1 Å². The van der Waals surface area contributed by atoms with Gasteiger partial charge in [-0.1, -0.05) is 76.2 Å². The van der Waals surface area contributed by atoms with Gasteiger partial charge >= 0.3 is 0 Å². The molecule has 3 N–H and O–H groups in total. The van der Waals surface area contributed by atoms with E-state index in [1.54, 1.807) is 0 Å². The Morgan fingerprint density at radius 2 is 1.19 bits per heavy atom. The summed E-state index contributed by atoms with van der Waals surface area (Å²) in [5, 5.41) is 8.27. The van der Waals surface area contributed by atoms with E-state index in [0.717, 1.165) is 19.3 Å². The van der Waals surface area contributed by atoms with Gasteiger partial charge in [0.15, 0.2) is 5.96 Å². The van der Waals surface area contributed by atoms with Crippen LogP contribution in [0.15, 0.2) is 48.5 Å². The lowest BCUT2D eigenvalue weighted by atomic mass is 9.86. The maximum atomic E-state index is 8.27. The van der Waals surface area contributed by atoms with Gasteiger partial charge in [-0.15, -0.1) is 0 Å². The second-order valence-electron chi connectivity index (χ2n) is 8.40. The fraction of sp³-hybridized carbons (Fsp3) is 0.458. The minimum atomic E-state index is 0.172. The van der Waals surface area contributed by atoms with Gasteiger partial charge in [-0.05, 0) is 53.4 Å². The summed E-state index contributed by atoms with van der Waals surface area (Å²) in [5.74, 6) is 1.23. The summed E-state index contributed by atoms with van der Waals surface area (Å²) in [6.45, 7) is 8.87. The minimum Gasteiger partial charge on any atom is -0.370 e.